The molecule has 6 nitrogen and oxygen atoms in total. The van der Waals surface area contributed by atoms with Gasteiger partial charge in [-0.05, 0) is 5.56 Å². The van der Waals surface area contributed by atoms with Gasteiger partial charge in [0.25, 0.3) is 5.78 Å². The molecule has 3 aromatic rings. The van der Waals surface area contributed by atoms with Gasteiger partial charge in [-0.15, -0.1) is 0 Å². The number of rotatable bonds is 3. The van der Waals surface area contributed by atoms with Crippen LogP contribution in [0.5, 0.6) is 0 Å². The maximum atomic E-state index is 6.19. The molecule has 2 aromatic heterocycles. The van der Waals surface area contributed by atoms with Crippen molar-refractivity contribution in [3.05, 3.63) is 42.4 Å². The highest BCUT2D eigenvalue weighted by Gasteiger charge is 2.15. The third kappa shape index (κ3) is 1.92. The Morgan fingerprint density at radius 3 is 2.79 bits per heavy atom. The molecule has 0 saturated carbocycles. The van der Waals surface area contributed by atoms with E-state index in [0.717, 1.165) is 16.8 Å². The maximum Gasteiger partial charge on any atom is 0.254 e. The van der Waals surface area contributed by atoms with Crippen molar-refractivity contribution in [1.29, 1.82) is 0 Å². The van der Waals surface area contributed by atoms with Gasteiger partial charge in [-0.25, -0.2) is 4.98 Å². The molecule has 2 N–H and O–H groups in total. The van der Waals surface area contributed by atoms with Crippen LogP contribution in [0.2, 0.25) is 0 Å². The number of fused-ring (bicyclic) bond motifs is 1. The fourth-order valence-electron chi connectivity index (χ4n) is 2.07. The number of ether oxygens (including phenoxy) is 1. The fourth-order valence-corrected chi connectivity index (χ4v) is 2.07. The molecule has 0 amide bonds. The third-order valence-corrected chi connectivity index (χ3v) is 2.88. The first-order valence-electron chi connectivity index (χ1n) is 5.83. The Hall–Kier alpha value is -2.47. The molecule has 0 radical (unpaired) electrons. The lowest BCUT2D eigenvalue weighted by molar-refractivity contribution is 0.182. The van der Waals surface area contributed by atoms with Gasteiger partial charge in [0.05, 0.1) is 12.3 Å². The predicted molar refractivity (Wildman–Crippen MR) is 71.3 cm³/mol. The molecule has 0 saturated heterocycles. The van der Waals surface area contributed by atoms with E-state index in [9.17, 15) is 0 Å². The second-order valence-electron chi connectivity index (χ2n) is 4.09. The van der Waals surface area contributed by atoms with Crippen molar-refractivity contribution in [2.45, 2.75) is 6.61 Å². The Kier molecular flexibility index (Phi) is 2.85. The molecule has 6 heteroatoms. The Balaban J connectivity index is 2.31. The van der Waals surface area contributed by atoms with Gasteiger partial charge in [0, 0.05) is 12.7 Å². The molecule has 0 bridgehead atoms. The van der Waals surface area contributed by atoms with Gasteiger partial charge < -0.3 is 10.5 Å². The Bertz CT molecular complexity index is 708. The van der Waals surface area contributed by atoms with Gasteiger partial charge in [0.15, 0.2) is 0 Å². The predicted octanol–water partition coefficient (Wildman–Crippen LogP) is 1.52. The molecule has 0 aliphatic carbocycles. The van der Waals surface area contributed by atoms with Crippen molar-refractivity contribution >= 4 is 11.6 Å². The van der Waals surface area contributed by atoms with E-state index in [1.165, 1.54) is 10.8 Å². The largest absolute Gasteiger partial charge is 0.383 e. The van der Waals surface area contributed by atoms with Crippen molar-refractivity contribution < 1.29 is 4.74 Å². The van der Waals surface area contributed by atoms with Crippen LogP contribution in [0, 0.1) is 0 Å². The lowest BCUT2D eigenvalue weighted by Gasteiger charge is -2.12. The van der Waals surface area contributed by atoms with E-state index in [4.69, 9.17) is 10.5 Å². The molecular formula is C13H13N5O. The van der Waals surface area contributed by atoms with Crippen LogP contribution in [-0.4, -0.2) is 26.7 Å². The van der Waals surface area contributed by atoms with Gasteiger partial charge in [0.1, 0.15) is 12.1 Å². The van der Waals surface area contributed by atoms with Crippen LogP contribution < -0.4 is 5.73 Å². The summed E-state index contributed by atoms with van der Waals surface area (Å²) in [6.45, 7) is 0.373. The summed E-state index contributed by atoms with van der Waals surface area (Å²) in [6.07, 6.45) is 1.43. The third-order valence-electron chi connectivity index (χ3n) is 2.88. The Labute approximate surface area is 109 Å². The summed E-state index contributed by atoms with van der Waals surface area (Å²) in [5, 5.41) is 4.08. The smallest absolute Gasteiger partial charge is 0.254 e. The van der Waals surface area contributed by atoms with Gasteiger partial charge >= 0.3 is 0 Å². The number of anilines is 1. The number of nitrogen functional groups attached to an aromatic ring is 1. The lowest BCUT2D eigenvalue weighted by atomic mass is 10.0. The van der Waals surface area contributed by atoms with E-state index in [1.54, 1.807) is 7.11 Å². The summed E-state index contributed by atoms with van der Waals surface area (Å²) < 4.78 is 6.72. The molecule has 0 spiro atoms. The minimum absolute atomic E-state index is 0.373. The first kappa shape index (κ1) is 11.6. The van der Waals surface area contributed by atoms with Crippen LogP contribution in [0.1, 0.15) is 5.69 Å². The molecule has 19 heavy (non-hydrogen) atoms. The van der Waals surface area contributed by atoms with Crippen LogP contribution in [0.3, 0.4) is 0 Å². The van der Waals surface area contributed by atoms with Crippen molar-refractivity contribution in [1.82, 2.24) is 19.6 Å². The van der Waals surface area contributed by atoms with Crippen LogP contribution >= 0.6 is 0 Å². The number of benzene rings is 1. The summed E-state index contributed by atoms with van der Waals surface area (Å²) >= 11 is 0. The molecule has 0 atom stereocenters. The highest BCUT2D eigenvalue weighted by atomic mass is 16.5. The number of methoxy groups -OCH3 is 1. The highest BCUT2D eigenvalue weighted by Crippen LogP contribution is 2.29. The second kappa shape index (κ2) is 4.66. The van der Waals surface area contributed by atoms with Crippen molar-refractivity contribution in [3.8, 4) is 11.1 Å². The molecule has 0 unspecified atom stereocenters. The van der Waals surface area contributed by atoms with Gasteiger partial charge in [-0.2, -0.15) is 14.6 Å². The molecule has 0 aliphatic heterocycles. The average molecular weight is 255 g/mol. The summed E-state index contributed by atoms with van der Waals surface area (Å²) in [4.78, 5) is 8.51. The van der Waals surface area contributed by atoms with E-state index in [0.29, 0.717) is 18.2 Å². The van der Waals surface area contributed by atoms with Crippen molar-refractivity contribution in [2.24, 2.45) is 0 Å². The van der Waals surface area contributed by atoms with Gasteiger partial charge in [-0.3, -0.25) is 0 Å². The molecule has 3 rings (SSSR count). The topological polar surface area (TPSA) is 78.3 Å². The van der Waals surface area contributed by atoms with E-state index < -0.39 is 0 Å². The summed E-state index contributed by atoms with van der Waals surface area (Å²) in [6, 6.07) is 9.83. The monoisotopic (exact) mass is 255 g/mol. The first-order chi connectivity index (χ1) is 9.31. The molecular weight excluding hydrogens is 242 g/mol. The SMILES string of the molecule is COCc1nc2ncnn2c(N)c1-c1ccccc1. The van der Waals surface area contributed by atoms with Gasteiger partial charge in [0.2, 0.25) is 0 Å². The van der Waals surface area contributed by atoms with Crippen molar-refractivity contribution in [2.75, 3.05) is 12.8 Å². The summed E-state index contributed by atoms with van der Waals surface area (Å²) in [7, 11) is 1.63. The van der Waals surface area contributed by atoms with Gasteiger partial charge in [-0.1, -0.05) is 30.3 Å². The highest BCUT2D eigenvalue weighted by molar-refractivity contribution is 5.77. The molecule has 1 aromatic carbocycles. The molecule has 2 heterocycles. The first-order valence-corrected chi connectivity index (χ1v) is 5.83. The van der Waals surface area contributed by atoms with Crippen LogP contribution in [-0.2, 0) is 11.3 Å². The minimum atomic E-state index is 0.373. The van der Waals surface area contributed by atoms with E-state index in [2.05, 4.69) is 15.1 Å². The second-order valence-corrected chi connectivity index (χ2v) is 4.09. The number of nitrogens with zero attached hydrogens (tertiary/aromatic N) is 4. The summed E-state index contributed by atoms with van der Waals surface area (Å²) in [5.41, 5.74) is 8.76. The van der Waals surface area contributed by atoms with Crippen LogP contribution in [0.15, 0.2) is 36.7 Å². The fraction of sp³-hybridized carbons (Fsp3) is 0.154. The van der Waals surface area contributed by atoms with E-state index in [1.807, 2.05) is 30.3 Å². The average Bonchev–Trinajstić information content (AvgIpc) is 2.89. The van der Waals surface area contributed by atoms with E-state index in [-0.39, 0.29) is 0 Å². The molecule has 0 aliphatic rings. The maximum absolute atomic E-state index is 6.19. The molecule has 0 fully saturated rings. The zero-order chi connectivity index (χ0) is 13.2. The number of nitrogens with two attached hydrogens (primary N) is 1. The minimum Gasteiger partial charge on any atom is -0.383 e. The Morgan fingerprint density at radius 1 is 1.26 bits per heavy atom. The zero-order valence-corrected chi connectivity index (χ0v) is 10.4. The standard InChI is InChI=1S/C13H13N5O/c1-19-7-10-11(9-5-3-2-4-6-9)12(14)18-13(17-10)15-8-16-18/h2-6,8H,7,14H2,1H3. The summed E-state index contributed by atoms with van der Waals surface area (Å²) in [5.74, 6) is 0.991. The van der Waals surface area contributed by atoms with Crippen molar-refractivity contribution in [3.63, 3.8) is 0 Å². The number of hydrogen-bond acceptors (Lipinski definition) is 5. The van der Waals surface area contributed by atoms with Crippen LogP contribution in [0.25, 0.3) is 16.9 Å². The van der Waals surface area contributed by atoms with E-state index >= 15 is 0 Å². The lowest BCUT2D eigenvalue weighted by Crippen LogP contribution is -2.08. The Morgan fingerprint density at radius 2 is 2.05 bits per heavy atom. The number of hydrogen-bond donors (Lipinski definition) is 1. The zero-order valence-electron chi connectivity index (χ0n) is 10.4. The van der Waals surface area contributed by atoms with Crippen LogP contribution in [0.4, 0.5) is 5.82 Å². The normalized spacial score (nSPS) is 11.0. The quantitative estimate of drug-likeness (QED) is 0.767. The number of aromatic nitrogens is 4. The molecule has 96 valence electrons.